The number of carbonyl (C=O) groups excluding carboxylic acids is 1. The van der Waals surface area contributed by atoms with Gasteiger partial charge >= 0.3 is 5.97 Å². The number of rotatable bonds is 3. The molecule has 2 aliphatic heterocycles. The summed E-state index contributed by atoms with van der Waals surface area (Å²) in [5, 5.41) is 9.10. The third-order valence-electron chi connectivity index (χ3n) is 4.09. The van der Waals surface area contributed by atoms with Crippen molar-refractivity contribution in [3.63, 3.8) is 0 Å². The number of piperidine rings is 1. The standard InChI is InChI=1S/C12H20N2O5S/c1-20(18,19)13-7-4-9(5-8-13)11(15)14-6-2-3-10(14)12(16)17/h9-10H,2-8H2,1H3,(H,16,17). The molecule has 0 aromatic rings. The summed E-state index contributed by atoms with van der Waals surface area (Å²) in [5.41, 5.74) is 0. The highest BCUT2D eigenvalue weighted by molar-refractivity contribution is 7.88. The van der Waals surface area contributed by atoms with Crippen molar-refractivity contribution in [3.8, 4) is 0 Å². The molecule has 20 heavy (non-hydrogen) atoms. The molecule has 1 atom stereocenters. The summed E-state index contributed by atoms with van der Waals surface area (Å²) in [5.74, 6) is -1.35. The summed E-state index contributed by atoms with van der Waals surface area (Å²) in [6.07, 6.45) is 3.31. The van der Waals surface area contributed by atoms with Gasteiger partial charge in [0.1, 0.15) is 6.04 Å². The molecule has 114 valence electrons. The fourth-order valence-electron chi connectivity index (χ4n) is 2.96. The van der Waals surface area contributed by atoms with Gasteiger partial charge in [-0.2, -0.15) is 0 Å². The highest BCUT2D eigenvalue weighted by atomic mass is 32.2. The minimum atomic E-state index is -3.20. The van der Waals surface area contributed by atoms with Crippen LogP contribution in [0.1, 0.15) is 25.7 Å². The van der Waals surface area contributed by atoms with Gasteiger partial charge in [-0.3, -0.25) is 4.79 Å². The Kier molecular flexibility index (Phi) is 4.33. The van der Waals surface area contributed by atoms with Crippen LogP contribution in [0.5, 0.6) is 0 Å². The molecule has 1 unspecified atom stereocenters. The molecule has 1 amide bonds. The molecular formula is C12H20N2O5S. The van der Waals surface area contributed by atoms with Gasteiger partial charge < -0.3 is 10.0 Å². The fourth-order valence-corrected chi connectivity index (χ4v) is 3.83. The van der Waals surface area contributed by atoms with E-state index in [2.05, 4.69) is 0 Å². The molecule has 2 heterocycles. The van der Waals surface area contributed by atoms with E-state index in [0.29, 0.717) is 45.3 Å². The average molecular weight is 304 g/mol. The van der Waals surface area contributed by atoms with E-state index in [9.17, 15) is 18.0 Å². The molecular weight excluding hydrogens is 284 g/mol. The highest BCUT2D eigenvalue weighted by Gasteiger charge is 2.38. The number of aliphatic carboxylic acids is 1. The van der Waals surface area contributed by atoms with Crippen LogP contribution in [0.2, 0.25) is 0 Å². The third-order valence-corrected chi connectivity index (χ3v) is 5.40. The third kappa shape index (κ3) is 3.12. The van der Waals surface area contributed by atoms with Crippen LogP contribution in [0.3, 0.4) is 0 Å². The Balaban J connectivity index is 1.97. The van der Waals surface area contributed by atoms with Crippen molar-refractivity contribution in [2.75, 3.05) is 25.9 Å². The van der Waals surface area contributed by atoms with Crippen LogP contribution < -0.4 is 0 Å². The Hall–Kier alpha value is -1.15. The molecule has 1 N–H and O–H groups in total. The lowest BCUT2D eigenvalue weighted by Crippen LogP contribution is -2.47. The van der Waals surface area contributed by atoms with Crippen LogP contribution >= 0.6 is 0 Å². The Morgan fingerprint density at radius 1 is 1.10 bits per heavy atom. The number of hydrogen-bond donors (Lipinski definition) is 1. The van der Waals surface area contributed by atoms with Crippen LogP contribution in [0.25, 0.3) is 0 Å². The van der Waals surface area contributed by atoms with Crippen LogP contribution in [0, 0.1) is 5.92 Å². The Morgan fingerprint density at radius 2 is 1.70 bits per heavy atom. The largest absolute Gasteiger partial charge is 0.480 e. The van der Waals surface area contributed by atoms with E-state index >= 15 is 0 Å². The van der Waals surface area contributed by atoms with E-state index in [1.165, 1.54) is 9.21 Å². The minimum Gasteiger partial charge on any atom is -0.480 e. The minimum absolute atomic E-state index is 0.136. The van der Waals surface area contributed by atoms with Crippen molar-refractivity contribution >= 4 is 21.9 Å². The Bertz CT molecular complexity index is 496. The molecule has 0 bridgehead atoms. The predicted octanol–water partition coefficient (Wildman–Crippen LogP) is -0.266. The lowest BCUT2D eigenvalue weighted by Gasteiger charge is -2.32. The van der Waals surface area contributed by atoms with Crippen molar-refractivity contribution < 1.29 is 23.1 Å². The van der Waals surface area contributed by atoms with Crippen molar-refractivity contribution in [1.29, 1.82) is 0 Å². The molecule has 2 saturated heterocycles. The second-order valence-electron chi connectivity index (χ2n) is 5.46. The first kappa shape index (κ1) is 15.2. The van der Waals surface area contributed by atoms with Crippen LogP contribution in [-0.2, 0) is 19.6 Å². The summed E-state index contributed by atoms with van der Waals surface area (Å²) >= 11 is 0. The maximum absolute atomic E-state index is 12.4. The predicted molar refractivity (Wildman–Crippen MR) is 71.5 cm³/mol. The molecule has 0 aliphatic carbocycles. The topological polar surface area (TPSA) is 95.0 Å². The van der Waals surface area contributed by atoms with Gasteiger partial charge in [0.2, 0.25) is 15.9 Å². The summed E-state index contributed by atoms with van der Waals surface area (Å²) in [4.78, 5) is 24.9. The SMILES string of the molecule is CS(=O)(=O)N1CCC(C(=O)N2CCCC2C(=O)O)CC1. The van der Waals surface area contributed by atoms with Crippen molar-refractivity contribution in [1.82, 2.24) is 9.21 Å². The van der Waals surface area contributed by atoms with Gasteiger partial charge in [-0.25, -0.2) is 17.5 Å². The number of hydrogen-bond acceptors (Lipinski definition) is 4. The summed E-state index contributed by atoms with van der Waals surface area (Å²) < 4.78 is 24.2. The van der Waals surface area contributed by atoms with Crippen LogP contribution in [-0.4, -0.2) is 66.5 Å². The summed E-state index contributed by atoms with van der Waals surface area (Å²) in [7, 11) is -3.20. The molecule has 0 aromatic heterocycles. The molecule has 2 aliphatic rings. The second-order valence-corrected chi connectivity index (χ2v) is 7.45. The maximum Gasteiger partial charge on any atom is 0.326 e. The van der Waals surface area contributed by atoms with Gasteiger partial charge in [0.15, 0.2) is 0 Å². The van der Waals surface area contributed by atoms with E-state index in [1.807, 2.05) is 0 Å². The van der Waals surface area contributed by atoms with E-state index in [0.717, 1.165) is 6.26 Å². The molecule has 0 radical (unpaired) electrons. The number of amides is 1. The number of nitrogens with zero attached hydrogens (tertiary/aromatic N) is 2. The first-order valence-corrected chi connectivity index (χ1v) is 8.64. The zero-order valence-electron chi connectivity index (χ0n) is 11.5. The molecule has 2 rings (SSSR count). The maximum atomic E-state index is 12.4. The second kappa shape index (κ2) is 5.69. The van der Waals surface area contributed by atoms with Crippen molar-refractivity contribution in [3.05, 3.63) is 0 Å². The number of carbonyl (C=O) groups is 2. The summed E-state index contributed by atoms with van der Waals surface area (Å²) in [6.45, 7) is 1.16. The Morgan fingerprint density at radius 3 is 2.20 bits per heavy atom. The zero-order chi connectivity index (χ0) is 14.9. The molecule has 7 nitrogen and oxygen atoms in total. The van der Waals surface area contributed by atoms with Crippen molar-refractivity contribution in [2.45, 2.75) is 31.7 Å². The average Bonchev–Trinajstić information content (AvgIpc) is 2.86. The van der Waals surface area contributed by atoms with Gasteiger partial charge in [-0.15, -0.1) is 0 Å². The monoisotopic (exact) mass is 304 g/mol. The van der Waals surface area contributed by atoms with Crippen molar-refractivity contribution in [2.24, 2.45) is 5.92 Å². The first-order chi connectivity index (χ1) is 9.30. The van der Waals surface area contributed by atoms with Crippen LogP contribution in [0.4, 0.5) is 0 Å². The van der Waals surface area contributed by atoms with E-state index in [4.69, 9.17) is 5.11 Å². The van der Waals surface area contributed by atoms with E-state index < -0.39 is 22.0 Å². The van der Waals surface area contributed by atoms with Gasteiger partial charge in [-0.1, -0.05) is 0 Å². The fraction of sp³-hybridized carbons (Fsp3) is 0.833. The van der Waals surface area contributed by atoms with Gasteiger partial charge in [-0.05, 0) is 25.7 Å². The first-order valence-electron chi connectivity index (χ1n) is 6.79. The quantitative estimate of drug-likeness (QED) is 0.774. The lowest BCUT2D eigenvalue weighted by atomic mass is 9.96. The molecule has 0 aromatic carbocycles. The van der Waals surface area contributed by atoms with Gasteiger partial charge in [0.25, 0.3) is 0 Å². The molecule has 8 heteroatoms. The molecule has 2 fully saturated rings. The molecule has 0 spiro atoms. The smallest absolute Gasteiger partial charge is 0.326 e. The zero-order valence-corrected chi connectivity index (χ0v) is 12.3. The number of sulfonamides is 1. The highest BCUT2D eigenvalue weighted by Crippen LogP contribution is 2.26. The number of carboxylic acid groups (broad SMARTS) is 1. The van der Waals surface area contributed by atoms with E-state index in [-0.39, 0.29) is 11.8 Å². The Labute approximate surface area is 118 Å². The van der Waals surface area contributed by atoms with E-state index in [1.54, 1.807) is 0 Å². The van der Waals surface area contributed by atoms with Crippen LogP contribution in [0.15, 0.2) is 0 Å². The normalized spacial score (nSPS) is 25.9. The molecule has 0 saturated carbocycles. The summed E-state index contributed by atoms with van der Waals surface area (Å²) in [6, 6.07) is -0.713. The number of carboxylic acids is 1. The van der Waals surface area contributed by atoms with Gasteiger partial charge in [0.05, 0.1) is 6.26 Å². The van der Waals surface area contributed by atoms with Gasteiger partial charge in [0, 0.05) is 25.6 Å². The number of likely N-dealkylation sites (tertiary alicyclic amines) is 1. The lowest BCUT2D eigenvalue weighted by molar-refractivity contribution is -0.150.